The Balaban J connectivity index is 1.59. The van der Waals surface area contributed by atoms with E-state index in [1.165, 1.54) is 19.3 Å². The van der Waals surface area contributed by atoms with Crippen molar-refractivity contribution in [2.24, 2.45) is 5.92 Å². The van der Waals surface area contributed by atoms with Crippen molar-refractivity contribution in [3.8, 4) is 0 Å². The maximum atomic E-state index is 12.1. The Morgan fingerprint density at radius 2 is 1.91 bits per heavy atom. The minimum atomic E-state index is -0.253. The van der Waals surface area contributed by atoms with E-state index < -0.39 is 0 Å². The molecule has 0 saturated heterocycles. The normalized spacial score (nSPS) is 15.7. The molecule has 3 rings (SSSR count). The van der Waals surface area contributed by atoms with Crippen molar-refractivity contribution in [2.75, 3.05) is 10.6 Å². The SMILES string of the molecule is CC(Nc1ccc(C(=O)Nc2ccccc2)nn1)C1CCC1. The quantitative estimate of drug-likeness (QED) is 0.888. The Morgan fingerprint density at radius 3 is 2.50 bits per heavy atom. The second-order valence-corrected chi connectivity index (χ2v) is 5.75. The average Bonchev–Trinajstić information content (AvgIpc) is 2.47. The second-order valence-electron chi connectivity index (χ2n) is 5.75. The highest BCUT2D eigenvalue weighted by atomic mass is 16.1. The van der Waals surface area contributed by atoms with Crippen LogP contribution in [0.15, 0.2) is 42.5 Å². The molecule has 5 nitrogen and oxygen atoms in total. The van der Waals surface area contributed by atoms with Crippen LogP contribution < -0.4 is 10.6 Å². The van der Waals surface area contributed by atoms with Gasteiger partial charge in [-0.1, -0.05) is 24.6 Å². The number of nitrogens with one attached hydrogen (secondary N) is 2. The van der Waals surface area contributed by atoms with Crippen LogP contribution in [-0.4, -0.2) is 22.1 Å². The number of para-hydroxylation sites is 1. The Bertz CT molecular complexity index is 623. The van der Waals surface area contributed by atoms with E-state index in [4.69, 9.17) is 0 Å². The van der Waals surface area contributed by atoms with E-state index in [0.717, 1.165) is 17.4 Å². The maximum absolute atomic E-state index is 12.1. The fraction of sp³-hybridized carbons (Fsp3) is 0.353. The molecule has 1 saturated carbocycles. The topological polar surface area (TPSA) is 66.9 Å². The van der Waals surface area contributed by atoms with Gasteiger partial charge in [-0.25, -0.2) is 0 Å². The summed E-state index contributed by atoms with van der Waals surface area (Å²) < 4.78 is 0. The monoisotopic (exact) mass is 296 g/mol. The number of hydrogen-bond donors (Lipinski definition) is 2. The highest BCUT2D eigenvalue weighted by molar-refractivity contribution is 6.02. The van der Waals surface area contributed by atoms with Crippen LogP contribution >= 0.6 is 0 Å². The molecule has 1 unspecified atom stereocenters. The fourth-order valence-electron chi connectivity index (χ4n) is 2.54. The third kappa shape index (κ3) is 3.42. The van der Waals surface area contributed by atoms with Crippen molar-refractivity contribution in [1.82, 2.24) is 10.2 Å². The van der Waals surface area contributed by atoms with E-state index in [9.17, 15) is 4.79 Å². The zero-order valence-electron chi connectivity index (χ0n) is 12.6. The predicted octanol–water partition coefficient (Wildman–Crippen LogP) is 3.33. The van der Waals surface area contributed by atoms with Crippen molar-refractivity contribution in [1.29, 1.82) is 0 Å². The van der Waals surface area contributed by atoms with Gasteiger partial charge >= 0.3 is 0 Å². The van der Waals surface area contributed by atoms with Crippen LogP contribution in [0.2, 0.25) is 0 Å². The van der Waals surface area contributed by atoms with E-state index in [0.29, 0.717) is 11.7 Å². The summed E-state index contributed by atoms with van der Waals surface area (Å²) in [5, 5.41) is 14.3. The van der Waals surface area contributed by atoms with E-state index in [2.05, 4.69) is 27.8 Å². The second kappa shape index (κ2) is 6.56. The molecule has 5 heteroatoms. The number of carbonyl (C=O) groups excluding carboxylic acids is 1. The molecule has 1 heterocycles. The standard InChI is InChI=1S/C17H20N4O/c1-12(13-6-5-7-13)18-16-11-10-15(20-21-16)17(22)19-14-8-3-2-4-9-14/h2-4,8-13H,5-7H2,1H3,(H,18,21)(H,19,22). The first-order valence-electron chi connectivity index (χ1n) is 7.69. The summed E-state index contributed by atoms with van der Waals surface area (Å²) in [6.07, 6.45) is 3.87. The van der Waals surface area contributed by atoms with E-state index in [-0.39, 0.29) is 5.91 Å². The molecule has 1 amide bonds. The predicted molar refractivity (Wildman–Crippen MR) is 86.9 cm³/mol. The lowest BCUT2D eigenvalue weighted by atomic mass is 9.80. The number of anilines is 2. The van der Waals surface area contributed by atoms with Crippen molar-refractivity contribution in [2.45, 2.75) is 32.2 Å². The molecule has 1 fully saturated rings. The molecule has 1 aliphatic carbocycles. The lowest BCUT2D eigenvalue weighted by Gasteiger charge is -2.32. The van der Waals surface area contributed by atoms with Gasteiger partial charge in [0.05, 0.1) is 0 Å². The zero-order valence-corrected chi connectivity index (χ0v) is 12.6. The summed E-state index contributed by atoms with van der Waals surface area (Å²) in [7, 11) is 0. The smallest absolute Gasteiger partial charge is 0.276 e. The van der Waals surface area contributed by atoms with Crippen LogP contribution in [0.5, 0.6) is 0 Å². The number of rotatable bonds is 5. The summed E-state index contributed by atoms with van der Waals surface area (Å²) in [6.45, 7) is 2.17. The van der Waals surface area contributed by atoms with Gasteiger partial charge in [-0.15, -0.1) is 10.2 Å². The molecule has 1 aromatic heterocycles. The van der Waals surface area contributed by atoms with Crippen LogP contribution in [0.25, 0.3) is 0 Å². The molecule has 1 aromatic carbocycles. The summed E-state index contributed by atoms with van der Waals surface area (Å²) in [6, 6.07) is 13.2. The van der Waals surface area contributed by atoms with Crippen molar-refractivity contribution < 1.29 is 4.79 Å². The van der Waals surface area contributed by atoms with Gasteiger partial charge in [0, 0.05) is 11.7 Å². The molecule has 0 bridgehead atoms. The molecule has 0 aliphatic heterocycles. The largest absolute Gasteiger partial charge is 0.366 e. The molecule has 114 valence electrons. The van der Waals surface area contributed by atoms with Gasteiger partial charge in [0.2, 0.25) is 0 Å². The van der Waals surface area contributed by atoms with Gasteiger partial charge in [-0.3, -0.25) is 4.79 Å². The molecule has 0 spiro atoms. The molecule has 0 radical (unpaired) electrons. The van der Waals surface area contributed by atoms with Gasteiger partial charge in [-0.2, -0.15) is 0 Å². The number of hydrogen-bond acceptors (Lipinski definition) is 4. The first-order chi connectivity index (χ1) is 10.7. The Morgan fingerprint density at radius 1 is 1.14 bits per heavy atom. The zero-order chi connectivity index (χ0) is 15.4. The highest BCUT2D eigenvalue weighted by Gasteiger charge is 2.24. The lowest BCUT2D eigenvalue weighted by Crippen LogP contribution is -2.31. The van der Waals surface area contributed by atoms with Gasteiger partial charge in [0.25, 0.3) is 5.91 Å². The summed E-state index contributed by atoms with van der Waals surface area (Å²) in [5.41, 5.74) is 1.06. The number of benzene rings is 1. The highest BCUT2D eigenvalue weighted by Crippen LogP contribution is 2.30. The Kier molecular flexibility index (Phi) is 4.32. The Labute approximate surface area is 130 Å². The first-order valence-corrected chi connectivity index (χ1v) is 7.69. The minimum absolute atomic E-state index is 0.253. The maximum Gasteiger partial charge on any atom is 0.276 e. The van der Waals surface area contributed by atoms with Crippen LogP contribution in [0, 0.1) is 5.92 Å². The van der Waals surface area contributed by atoms with Crippen molar-refractivity contribution >= 4 is 17.4 Å². The van der Waals surface area contributed by atoms with Gasteiger partial charge in [0.1, 0.15) is 5.82 Å². The molecule has 1 atom stereocenters. The van der Waals surface area contributed by atoms with Crippen LogP contribution in [0.3, 0.4) is 0 Å². The first kappa shape index (κ1) is 14.5. The van der Waals surface area contributed by atoms with Crippen molar-refractivity contribution in [3.05, 3.63) is 48.2 Å². The van der Waals surface area contributed by atoms with Crippen LogP contribution in [-0.2, 0) is 0 Å². The van der Waals surface area contributed by atoms with Crippen LogP contribution in [0.1, 0.15) is 36.7 Å². The van der Waals surface area contributed by atoms with Crippen molar-refractivity contribution in [3.63, 3.8) is 0 Å². The van der Waals surface area contributed by atoms with Gasteiger partial charge in [-0.05, 0) is 49.9 Å². The average molecular weight is 296 g/mol. The summed E-state index contributed by atoms with van der Waals surface area (Å²) >= 11 is 0. The minimum Gasteiger partial charge on any atom is -0.366 e. The molecular formula is C17H20N4O. The third-order valence-corrected chi connectivity index (χ3v) is 4.16. The number of nitrogens with zero attached hydrogens (tertiary/aromatic N) is 2. The number of carbonyl (C=O) groups is 1. The summed E-state index contributed by atoms with van der Waals surface area (Å²) in [4.78, 5) is 12.1. The van der Waals surface area contributed by atoms with Gasteiger partial charge < -0.3 is 10.6 Å². The molecule has 2 N–H and O–H groups in total. The Hall–Kier alpha value is -2.43. The molecular weight excluding hydrogens is 276 g/mol. The fourth-order valence-corrected chi connectivity index (χ4v) is 2.54. The van der Waals surface area contributed by atoms with Gasteiger partial charge in [0.15, 0.2) is 5.69 Å². The van der Waals surface area contributed by atoms with Crippen LogP contribution in [0.4, 0.5) is 11.5 Å². The molecule has 2 aromatic rings. The van der Waals surface area contributed by atoms with E-state index in [1.807, 2.05) is 36.4 Å². The number of amides is 1. The van der Waals surface area contributed by atoms with E-state index >= 15 is 0 Å². The molecule has 1 aliphatic rings. The summed E-state index contributed by atoms with van der Waals surface area (Å²) in [5.74, 6) is 1.19. The number of aromatic nitrogens is 2. The van der Waals surface area contributed by atoms with E-state index in [1.54, 1.807) is 6.07 Å². The lowest BCUT2D eigenvalue weighted by molar-refractivity contribution is 0.102. The molecule has 22 heavy (non-hydrogen) atoms. The third-order valence-electron chi connectivity index (χ3n) is 4.16.